The summed E-state index contributed by atoms with van der Waals surface area (Å²) in [4.78, 5) is 10.5. The van der Waals surface area contributed by atoms with Crippen molar-refractivity contribution in [2.75, 3.05) is 13.1 Å². The molecule has 1 aliphatic heterocycles. The maximum atomic E-state index is 11.6. The molecule has 2 N–H and O–H groups in total. The molecular formula is C6H9F3N2O. The predicted molar refractivity (Wildman–Crippen MR) is 35.5 cm³/mol. The summed E-state index contributed by atoms with van der Waals surface area (Å²) >= 11 is 0. The van der Waals surface area contributed by atoms with Crippen molar-refractivity contribution in [3.05, 3.63) is 0 Å². The first kappa shape index (κ1) is 9.31. The van der Waals surface area contributed by atoms with Crippen molar-refractivity contribution in [3.63, 3.8) is 0 Å². The van der Waals surface area contributed by atoms with E-state index in [9.17, 15) is 18.0 Å². The summed E-state index contributed by atoms with van der Waals surface area (Å²) in [6, 6.07) is -0.376. The van der Waals surface area contributed by atoms with E-state index < -0.39 is 12.7 Å². The van der Waals surface area contributed by atoms with Gasteiger partial charge in [-0.15, -0.1) is 0 Å². The Hall–Kier alpha value is -0.780. The normalized spacial score (nSPS) is 24.2. The number of carbonyl (C=O) groups excluding carboxylic acids is 1. The lowest BCUT2D eigenvalue weighted by atomic mass is 10.2. The second-order valence-corrected chi connectivity index (χ2v) is 2.70. The second-order valence-electron chi connectivity index (χ2n) is 2.70. The Morgan fingerprint density at radius 3 is 2.67 bits per heavy atom. The van der Waals surface area contributed by atoms with E-state index in [-0.39, 0.29) is 24.9 Å². The van der Waals surface area contributed by atoms with Gasteiger partial charge in [0.05, 0.1) is 6.54 Å². The number of halogens is 3. The van der Waals surface area contributed by atoms with Gasteiger partial charge in [0.15, 0.2) is 0 Å². The molecule has 0 saturated carbocycles. The van der Waals surface area contributed by atoms with Gasteiger partial charge in [-0.05, 0) is 0 Å². The molecule has 1 rings (SSSR count). The Bertz CT molecular complexity index is 180. The van der Waals surface area contributed by atoms with E-state index in [1.807, 2.05) is 0 Å². The molecule has 1 amide bonds. The first-order valence-corrected chi connectivity index (χ1v) is 3.54. The Balaban J connectivity index is 2.20. The second kappa shape index (κ2) is 3.30. The van der Waals surface area contributed by atoms with Gasteiger partial charge in [-0.2, -0.15) is 13.2 Å². The molecule has 1 saturated heterocycles. The number of nitrogens with one attached hydrogen (secondary N) is 2. The summed E-state index contributed by atoms with van der Waals surface area (Å²) in [6.07, 6.45) is -4.07. The molecule has 70 valence electrons. The lowest BCUT2D eigenvalue weighted by molar-refractivity contribution is -0.127. The maximum Gasteiger partial charge on any atom is 0.401 e. The third-order valence-electron chi connectivity index (χ3n) is 1.57. The molecular weight excluding hydrogens is 173 g/mol. The van der Waals surface area contributed by atoms with Crippen LogP contribution in [0.2, 0.25) is 0 Å². The molecule has 0 radical (unpaired) electrons. The van der Waals surface area contributed by atoms with Gasteiger partial charge in [0, 0.05) is 19.0 Å². The highest BCUT2D eigenvalue weighted by Gasteiger charge is 2.30. The van der Waals surface area contributed by atoms with Gasteiger partial charge in [-0.1, -0.05) is 0 Å². The van der Waals surface area contributed by atoms with Crippen molar-refractivity contribution in [2.45, 2.75) is 18.6 Å². The molecule has 3 nitrogen and oxygen atoms in total. The Morgan fingerprint density at radius 1 is 1.58 bits per heavy atom. The molecule has 0 bridgehead atoms. The Kier molecular flexibility index (Phi) is 2.56. The van der Waals surface area contributed by atoms with Crippen LogP contribution in [0.3, 0.4) is 0 Å². The largest absolute Gasteiger partial charge is 0.401 e. The molecule has 1 aliphatic rings. The molecule has 0 aromatic carbocycles. The molecule has 6 heteroatoms. The van der Waals surface area contributed by atoms with E-state index in [1.54, 1.807) is 0 Å². The van der Waals surface area contributed by atoms with Crippen molar-refractivity contribution in [1.82, 2.24) is 10.6 Å². The van der Waals surface area contributed by atoms with Gasteiger partial charge >= 0.3 is 6.18 Å². The van der Waals surface area contributed by atoms with Gasteiger partial charge in [-0.25, -0.2) is 0 Å². The van der Waals surface area contributed by atoms with Gasteiger partial charge in [-0.3, -0.25) is 4.79 Å². The Morgan fingerprint density at radius 2 is 2.25 bits per heavy atom. The van der Waals surface area contributed by atoms with Crippen LogP contribution in [0.4, 0.5) is 13.2 Å². The molecule has 0 aromatic heterocycles. The van der Waals surface area contributed by atoms with Crippen LogP contribution < -0.4 is 10.6 Å². The van der Waals surface area contributed by atoms with E-state index in [1.165, 1.54) is 0 Å². The zero-order chi connectivity index (χ0) is 9.19. The van der Waals surface area contributed by atoms with Crippen LogP contribution in [0.1, 0.15) is 6.42 Å². The highest BCUT2D eigenvalue weighted by Crippen LogP contribution is 2.13. The molecule has 1 atom stereocenters. The van der Waals surface area contributed by atoms with Crippen molar-refractivity contribution >= 4 is 5.91 Å². The number of hydrogen-bond acceptors (Lipinski definition) is 2. The third-order valence-corrected chi connectivity index (χ3v) is 1.57. The summed E-state index contributed by atoms with van der Waals surface area (Å²) in [5, 5.41) is 4.68. The fourth-order valence-electron chi connectivity index (χ4n) is 1.01. The van der Waals surface area contributed by atoms with Crippen molar-refractivity contribution in [1.29, 1.82) is 0 Å². The average Bonchev–Trinajstić information content (AvgIpc) is 2.30. The minimum absolute atomic E-state index is 0.135. The third kappa shape index (κ3) is 3.08. The topological polar surface area (TPSA) is 41.1 Å². The fraction of sp³-hybridized carbons (Fsp3) is 0.833. The van der Waals surface area contributed by atoms with Crippen LogP contribution in [0.25, 0.3) is 0 Å². The first-order valence-electron chi connectivity index (χ1n) is 3.54. The zero-order valence-electron chi connectivity index (χ0n) is 6.24. The number of rotatable bonds is 2. The smallest absolute Gasteiger partial charge is 0.354 e. The van der Waals surface area contributed by atoms with Crippen molar-refractivity contribution in [3.8, 4) is 0 Å². The highest BCUT2D eigenvalue weighted by atomic mass is 19.4. The standard InChI is InChI=1S/C6H9F3N2O/c7-6(8,9)3-11-4-1-5(12)10-2-4/h4,11H,1-3H2,(H,10,12). The monoisotopic (exact) mass is 182 g/mol. The summed E-state index contributed by atoms with van der Waals surface area (Å²) in [5.74, 6) is -0.199. The van der Waals surface area contributed by atoms with E-state index in [2.05, 4.69) is 10.6 Å². The molecule has 0 spiro atoms. The van der Waals surface area contributed by atoms with Crippen LogP contribution in [0.5, 0.6) is 0 Å². The lowest BCUT2D eigenvalue weighted by Crippen LogP contribution is -2.38. The number of hydrogen-bond donors (Lipinski definition) is 2. The van der Waals surface area contributed by atoms with Crippen LogP contribution in [-0.4, -0.2) is 31.2 Å². The van der Waals surface area contributed by atoms with Gasteiger partial charge in [0.2, 0.25) is 5.91 Å². The number of amides is 1. The molecule has 0 aromatic rings. The van der Waals surface area contributed by atoms with Crippen molar-refractivity contribution in [2.24, 2.45) is 0 Å². The summed E-state index contributed by atoms with van der Waals surface area (Å²) in [7, 11) is 0. The highest BCUT2D eigenvalue weighted by molar-refractivity contribution is 5.78. The average molecular weight is 182 g/mol. The summed E-state index contributed by atoms with van der Waals surface area (Å²) < 4.78 is 34.9. The fourth-order valence-corrected chi connectivity index (χ4v) is 1.01. The van der Waals surface area contributed by atoms with Crippen molar-refractivity contribution < 1.29 is 18.0 Å². The summed E-state index contributed by atoms with van der Waals surface area (Å²) in [6.45, 7) is -0.748. The molecule has 1 heterocycles. The lowest BCUT2D eigenvalue weighted by Gasteiger charge is -2.11. The minimum Gasteiger partial charge on any atom is -0.354 e. The van der Waals surface area contributed by atoms with Gasteiger partial charge < -0.3 is 10.6 Å². The van der Waals surface area contributed by atoms with Crippen LogP contribution in [-0.2, 0) is 4.79 Å². The van der Waals surface area contributed by atoms with E-state index in [4.69, 9.17) is 0 Å². The quantitative estimate of drug-likeness (QED) is 0.632. The minimum atomic E-state index is -4.20. The zero-order valence-corrected chi connectivity index (χ0v) is 6.24. The van der Waals surface area contributed by atoms with Gasteiger partial charge in [0.1, 0.15) is 0 Å². The van der Waals surface area contributed by atoms with Crippen LogP contribution in [0.15, 0.2) is 0 Å². The van der Waals surface area contributed by atoms with E-state index in [0.717, 1.165) is 0 Å². The van der Waals surface area contributed by atoms with Crippen LogP contribution in [0, 0.1) is 0 Å². The maximum absolute atomic E-state index is 11.6. The van der Waals surface area contributed by atoms with E-state index >= 15 is 0 Å². The van der Waals surface area contributed by atoms with E-state index in [0.29, 0.717) is 0 Å². The number of carbonyl (C=O) groups is 1. The molecule has 0 aliphatic carbocycles. The first-order chi connectivity index (χ1) is 5.47. The molecule has 1 fully saturated rings. The molecule has 12 heavy (non-hydrogen) atoms. The van der Waals surface area contributed by atoms with Gasteiger partial charge in [0.25, 0.3) is 0 Å². The molecule has 1 unspecified atom stereocenters. The van der Waals surface area contributed by atoms with Crippen LogP contribution >= 0.6 is 0 Å². The predicted octanol–water partition coefficient (Wildman–Crippen LogP) is 0.0268. The number of alkyl halides is 3. The summed E-state index contributed by atoms with van der Waals surface area (Å²) in [5.41, 5.74) is 0. The SMILES string of the molecule is O=C1CC(NCC(F)(F)F)CN1. The Labute approximate surface area is 67.3 Å².